The van der Waals surface area contributed by atoms with Crippen molar-refractivity contribution in [3.63, 3.8) is 0 Å². The maximum atomic E-state index is 12.9. The number of hydrogen-bond donors (Lipinski definition) is 3. The molecule has 2 aromatic carbocycles. The van der Waals surface area contributed by atoms with E-state index in [1.807, 2.05) is 42.6 Å². The smallest absolute Gasteiger partial charge is 0.255 e. The third kappa shape index (κ3) is 6.46. The maximum Gasteiger partial charge on any atom is 0.255 e. The van der Waals surface area contributed by atoms with E-state index in [1.165, 1.54) is 37.0 Å². The van der Waals surface area contributed by atoms with Gasteiger partial charge in [0.25, 0.3) is 5.91 Å². The van der Waals surface area contributed by atoms with Crippen LogP contribution in [-0.2, 0) is 4.79 Å². The van der Waals surface area contributed by atoms with Gasteiger partial charge in [0.05, 0.1) is 24.4 Å². The molecule has 8 nitrogen and oxygen atoms in total. The number of aromatic nitrogens is 2. The molecule has 1 unspecified atom stereocenters. The maximum absolute atomic E-state index is 12.9. The number of carbonyl (C=O) groups excluding carboxylic acids is 2. The predicted octanol–water partition coefficient (Wildman–Crippen LogP) is 5.84. The number of methoxy groups -OCH3 is 1. The van der Waals surface area contributed by atoms with Crippen LogP contribution in [-0.4, -0.2) is 53.9 Å². The first-order valence-corrected chi connectivity index (χ1v) is 13.3. The number of nitrogens with zero attached hydrogens (tertiary/aromatic N) is 2. The second-order valence-corrected chi connectivity index (χ2v) is 10.0. The largest absolute Gasteiger partial charge is 0.496 e. The van der Waals surface area contributed by atoms with Crippen molar-refractivity contribution in [2.75, 3.05) is 26.5 Å². The van der Waals surface area contributed by atoms with Gasteiger partial charge in [-0.25, -0.2) is 4.98 Å². The van der Waals surface area contributed by atoms with Crippen molar-refractivity contribution in [2.45, 2.75) is 45.1 Å². The quantitative estimate of drug-likeness (QED) is 0.291. The van der Waals surface area contributed by atoms with Gasteiger partial charge in [0, 0.05) is 48.6 Å². The number of aromatic amines is 1. The van der Waals surface area contributed by atoms with Gasteiger partial charge in [-0.05, 0) is 36.8 Å². The van der Waals surface area contributed by atoms with Gasteiger partial charge >= 0.3 is 0 Å². The summed E-state index contributed by atoms with van der Waals surface area (Å²) in [6.07, 6.45) is 11.2. The number of anilines is 1. The van der Waals surface area contributed by atoms with Crippen molar-refractivity contribution >= 4 is 28.5 Å². The first-order valence-electron chi connectivity index (χ1n) is 13.3. The minimum atomic E-state index is -0.699. The highest BCUT2D eigenvalue weighted by Crippen LogP contribution is 2.36. The number of rotatable bonds is 6. The molecule has 0 spiro atoms. The standard InChI is InChI=1S/C26H27N5O3.C5H10/c1-15(27)25(32)30-22-10-9-16(11-20(22)26(33)31(2)3)17-12-19-21(14-29-24(19)28-13-17)18-7-5-6-8-23(18)34-4;1-2-4-5-3-1/h5-15H,27H2,1-4H3,(H,28,29)(H,30,32);1-5H2. The van der Waals surface area contributed by atoms with Crippen LogP contribution < -0.4 is 15.8 Å². The number of amides is 2. The Morgan fingerprint density at radius 2 is 1.69 bits per heavy atom. The first kappa shape index (κ1) is 27.9. The van der Waals surface area contributed by atoms with Crippen molar-refractivity contribution in [3.05, 3.63) is 66.5 Å². The Morgan fingerprint density at radius 3 is 2.33 bits per heavy atom. The van der Waals surface area contributed by atoms with Crippen LogP contribution in [0.2, 0.25) is 0 Å². The van der Waals surface area contributed by atoms with Gasteiger partial charge in [-0.3, -0.25) is 9.59 Å². The van der Waals surface area contributed by atoms with Crippen molar-refractivity contribution in [2.24, 2.45) is 5.73 Å². The summed E-state index contributed by atoms with van der Waals surface area (Å²) in [7, 11) is 4.98. The summed E-state index contributed by atoms with van der Waals surface area (Å²) in [4.78, 5) is 34.3. The van der Waals surface area contributed by atoms with E-state index in [2.05, 4.69) is 15.3 Å². The Balaban J connectivity index is 0.000000634. The highest BCUT2D eigenvalue weighted by Gasteiger charge is 2.19. The number of fused-ring (bicyclic) bond motifs is 1. The molecule has 1 aliphatic rings. The third-order valence-corrected chi connectivity index (χ3v) is 6.84. The van der Waals surface area contributed by atoms with Crippen molar-refractivity contribution in [3.8, 4) is 28.0 Å². The lowest BCUT2D eigenvalue weighted by atomic mass is 9.99. The second-order valence-electron chi connectivity index (χ2n) is 10.0. The molecule has 0 bridgehead atoms. The SMILES string of the molecule is C1CCCC1.COc1ccccc1-c1c[nH]c2ncc(-c3ccc(NC(=O)C(C)N)c(C(=O)N(C)C)c3)cc12. The number of ether oxygens (including phenoxy) is 1. The number of nitrogens with one attached hydrogen (secondary N) is 2. The summed E-state index contributed by atoms with van der Waals surface area (Å²) in [5.41, 5.74) is 10.8. The molecule has 0 radical (unpaired) electrons. The molecule has 8 heteroatoms. The molecule has 1 fully saturated rings. The van der Waals surface area contributed by atoms with Gasteiger partial charge in [0.2, 0.25) is 5.91 Å². The molecule has 2 aromatic heterocycles. The molecular formula is C31H37N5O3. The van der Waals surface area contributed by atoms with Crippen LogP contribution in [0.1, 0.15) is 49.4 Å². The average molecular weight is 528 g/mol. The van der Waals surface area contributed by atoms with E-state index in [1.54, 1.807) is 46.5 Å². The molecule has 4 aromatic rings. The van der Waals surface area contributed by atoms with Crippen LogP contribution in [0, 0.1) is 0 Å². The van der Waals surface area contributed by atoms with E-state index in [0.717, 1.165) is 39.0 Å². The van der Waals surface area contributed by atoms with E-state index in [-0.39, 0.29) is 11.8 Å². The molecule has 1 aliphatic carbocycles. The second kappa shape index (κ2) is 12.6. The minimum absolute atomic E-state index is 0.229. The molecule has 4 N–H and O–H groups in total. The zero-order valence-electron chi connectivity index (χ0n) is 23.1. The van der Waals surface area contributed by atoms with Gasteiger partial charge < -0.3 is 25.7 Å². The molecule has 39 heavy (non-hydrogen) atoms. The number of benzene rings is 2. The molecule has 0 aliphatic heterocycles. The lowest BCUT2D eigenvalue weighted by Crippen LogP contribution is -2.33. The minimum Gasteiger partial charge on any atom is -0.496 e. The highest BCUT2D eigenvalue weighted by atomic mass is 16.5. The average Bonchev–Trinajstić information content (AvgIpc) is 3.66. The Labute approximate surface area is 229 Å². The summed E-state index contributed by atoms with van der Waals surface area (Å²) in [5, 5.41) is 3.67. The van der Waals surface area contributed by atoms with Crippen molar-refractivity contribution in [1.29, 1.82) is 0 Å². The lowest BCUT2D eigenvalue weighted by molar-refractivity contribution is -0.117. The van der Waals surface area contributed by atoms with Gasteiger partial charge in [0.15, 0.2) is 0 Å². The monoisotopic (exact) mass is 527 g/mol. The van der Waals surface area contributed by atoms with Gasteiger partial charge in [0.1, 0.15) is 11.4 Å². The molecule has 1 saturated carbocycles. The van der Waals surface area contributed by atoms with Crippen LogP contribution in [0.25, 0.3) is 33.3 Å². The van der Waals surface area contributed by atoms with Gasteiger partial charge in [-0.15, -0.1) is 0 Å². The molecule has 204 valence electrons. The zero-order chi connectivity index (χ0) is 27.9. The first-order chi connectivity index (χ1) is 18.8. The highest BCUT2D eigenvalue weighted by molar-refractivity contribution is 6.06. The molecule has 5 rings (SSSR count). The van der Waals surface area contributed by atoms with Crippen LogP contribution in [0.3, 0.4) is 0 Å². The van der Waals surface area contributed by atoms with Crippen molar-refractivity contribution < 1.29 is 14.3 Å². The third-order valence-electron chi connectivity index (χ3n) is 6.84. The fraction of sp³-hybridized carbons (Fsp3) is 0.323. The Bertz CT molecular complexity index is 1450. The Kier molecular flexibility index (Phi) is 8.99. The van der Waals surface area contributed by atoms with E-state index in [4.69, 9.17) is 10.5 Å². The lowest BCUT2D eigenvalue weighted by Gasteiger charge is -2.17. The number of H-pyrrole nitrogens is 1. The number of nitrogens with two attached hydrogens (primary N) is 1. The molecule has 0 saturated heterocycles. The normalized spacial score (nSPS) is 13.4. The van der Waals surface area contributed by atoms with Gasteiger partial charge in [-0.1, -0.05) is 56.4 Å². The molecule has 2 amide bonds. The van der Waals surface area contributed by atoms with E-state index in [9.17, 15) is 9.59 Å². The molecule has 1 atom stereocenters. The summed E-state index contributed by atoms with van der Waals surface area (Å²) < 4.78 is 5.54. The van der Waals surface area contributed by atoms with Crippen LogP contribution in [0.4, 0.5) is 5.69 Å². The topological polar surface area (TPSA) is 113 Å². The van der Waals surface area contributed by atoms with E-state index >= 15 is 0 Å². The summed E-state index contributed by atoms with van der Waals surface area (Å²) in [6.45, 7) is 1.59. The Morgan fingerprint density at radius 1 is 1.00 bits per heavy atom. The number of pyridine rings is 1. The molecular weight excluding hydrogens is 490 g/mol. The van der Waals surface area contributed by atoms with E-state index in [0.29, 0.717) is 11.3 Å². The zero-order valence-corrected chi connectivity index (χ0v) is 23.1. The fourth-order valence-corrected chi connectivity index (χ4v) is 4.63. The summed E-state index contributed by atoms with van der Waals surface area (Å²) >= 11 is 0. The van der Waals surface area contributed by atoms with Crippen LogP contribution in [0.5, 0.6) is 5.75 Å². The molecule has 2 heterocycles. The number of para-hydroxylation sites is 1. The van der Waals surface area contributed by atoms with Crippen LogP contribution >= 0.6 is 0 Å². The number of hydrogen-bond acceptors (Lipinski definition) is 5. The van der Waals surface area contributed by atoms with Crippen molar-refractivity contribution in [1.82, 2.24) is 14.9 Å². The van der Waals surface area contributed by atoms with Crippen LogP contribution in [0.15, 0.2) is 60.9 Å². The van der Waals surface area contributed by atoms with E-state index < -0.39 is 6.04 Å². The fourth-order valence-electron chi connectivity index (χ4n) is 4.63. The number of carbonyl (C=O) groups is 2. The van der Waals surface area contributed by atoms with Gasteiger partial charge in [-0.2, -0.15) is 0 Å². The summed E-state index contributed by atoms with van der Waals surface area (Å²) in [6, 6.07) is 14.5. The predicted molar refractivity (Wildman–Crippen MR) is 157 cm³/mol. The summed E-state index contributed by atoms with van der Waals surface area (Å²) in [5.74, 6) is 0.173. The Hall–Kier alpha value is -4.17.